The van der Waals surface area contributed by atoms with Gasteiger partial charge in [0.15, 0.2) is 0 Å². The van der Waals surface area contributed by atoms with E-state index in [0.717, 1.165) is 36.1 Å². The van der Waals surface area contributed by atoms with Crippen LogP contribution < -0.4 is 10.6 Å². The molecule has 2 aromatic carbocycles. The average molecular weight is 516 g/mol. The van der Waals surface area contributed by atoms with E-state index in [-0.39, 0.29) is 28.4 Å². The van der Waals surface area contributed by atoms with Crippen molar-refractivity contribution in [2.75, 3.05) is 5.32 Å². The Labute approximate surface area is 219 Å². The zero-order valence-electron chi connectivity index (χ0n) is 20.2. The fraction of sp³-hybridized carbons (Fsp3) is 0.214. The van der Waals surface area contributed by atoms with Gasteiger partial charge in [0.2, 0.25) is 0 Å². The first-order valence-electron chi connectivity index (χ1n) is 12.1. The highest BCUT2D eigenvalue weighted by molar-refractivity contribution is 6.33. The fourth-order valence-electron chi connectivity index (χ4n) is 4.31. The van der Waals surface area contributed by atoms with Crippen LogP contribution in [0.5, 0.6) is 5.75 Å². The van der Waals surface area contributed by atoms with Crippen LogP contribution in [-0.4, -0.2) is 31.8 Å². The summed E-state index contributed by atoms with van der Waals surface area (Å²) in [5.41, 5.74) is 4.46. The Morgan fingerprint density at radius 2 is 1.92 bits per heavy atom. The number of halogens is 1. The van der Waals surface area contributed by atoms with Crippen LogP contribution in [0.3, 0.4) is 0 Å². The predicted molar refractivity (Wildman–Crippen MR) is 142 cm³/mol. The van der Waals surface area contributed by atoms with Crippen molar-refractivity contribution in [2.45, 2.75) is 38.6 Å². The van der Waals surface area contributed by atoms with E-state index < -0.39 is 5.91 Å². The van der Waals surface area contributed by atoms with Crippen LogP contribution in [0, 0.1) is 6.92 Å². The number of hydrogen-bond acceptors (Lipinski definition) is 5. The van der Waals surface area contributed by atoms with E-state index in [1.165, 1.54) is 16.9 Å². The van der Waals surface area contributed by atoms with E-state index >= 15 is 0 Å². The molecule has 0 bridgehead atoms. The van der Waals surface area contributed by atoms with Crippen LogP contribution in [0.25, 0.3) is 11.3 Å². The van der Waals surface area contributed by atoms with Gasteiger partial charge in [0.25, 0.3) is 5.91 Å². The number of amides is 2. The molecule has 0 atom stereocenters. The van der Waals surface area contributed by atoms with E-state index in [1.54, 1.807) is 24.3 Å². The lowest BCUT2D eigenvalue weighted by Crippen LogP contribution is -2.31. The number of hydrogen-bond donors (Lipinski definition) is 3. The number of carbonyl (C=O) groups excluding carboxylic acids is 2. The molecule has 1 aliphatic carbocycles. The SMILES string of the molecule is Cc1ccccc1CNC(=O)n1nc(-c2cc(NC(=O)c3cccnc3Cl)ccc2O)cc1C1CCC1. The highest BCUT2D eigenvalue weighted by Crippen LogP contribution is 2.39. The third-order valence-electron chi connectivity index (χ3n) is 6.68. The zero-order valence-corrected chi connectivity index (χ0v) is 21.0. The maximum atomic E-state index is 13.2. The molecule has 0 saturated heterocycles. The van der Waals surface area contributed by atoms with Crippen molar-refractivity contribution >= 4 is 29.2 Å². The lowest BCUT2D eigenvalue weighted by atomic mass is 9.82. The van der Waals surface area contributed by atoms with Crippen LogP contribution >= 0.6 is 11.6 Å². The second-order valence-corrected chi connectivity index (χ2v) is 9.47. The number of nitrogens with zero attached hydrogens (tertiary/aromatic N) is 3. The summed E-state index contributed by atoms with van der Waals surface area (Å²) in [5, 5.41) is 21.0. The number of phenols is 1. The molecule has 188 valence electrons. The number of aromatic nitrogens is 3. The fourth-order valence-corrected chi connectivity index (χ4v) is 4.52. The van der Waals surface area contributed by atoms with Crippen molar-refractivity contribution in [3.05, 3.63) is 94.4 Å². The van der Waals surface area contributed by atoms with Crippen LogP contribution in [0.15, 0.2) is 66.9 Å². The minimum absolute atomic E-state index is 0.0115. The summed E-state index contributed by atoms with van der Waals surface area (Å²) >= 11 is 6.05. The van der Waals surface area contributed by atoms with Gasteiger partial charge in [-0.3, -0.25) is 4.79 Å². The molecule has 1 aliphatic rings. The number of anilines is 1. The van der Waals surface area contributed by atoms with E-state index in [0.29, 0.717) is 23.5 Å². The largest absolute Gasteiger partial charge is 0.507 e. The smallest absolute Gasteiger partial charge is 0.342 e. The molecule has 1 saturated carbocycles. The zero-order chi connectivity index (χ0) is 25.9. The maximum Gasteiger partial charge on any atom is 0.342 e. The van der Waals surface area contributed by atoms with Crippen molar-refractivity contribution in [3.8, 4) is 17.0 Å². The standard InChI is InChI=1S/C28H26ClN5O3/c1-17-6-2-3-7-19(17)16-31-28(37)34-24(18-8-4-9-18)15-23(33-34)22-14-20(11-12-25(22)35)32-27(36)21-10-5-13-30-26(21)29/h2-3,5-7,10-15,18,35H,4,8-9,16H2,1H3,(H,31,37)(H,32,36). The molecule has 3 N–H and O–H groups in total. The van der Waals surface area contributed by atoms with Crippen molar-refractivity contribution in [3.63, 3.8) is 0 Å². The van der Waals surface area contributed by atoms with Crippen LogP contribution in [-0.2, 0) is 6.54 Å². The maximum absolute atomic E-state index is 13.2. The molecule has 0 unspecified atom stereocenters. The van der Waals surface area contributed by atoms with Gasteiger partial charge in [0, 0.05) is 29.9 Å². The molecule has 0 radical (unpaired) electrons. The summed E-state index contributed by atoms with van der Waals surface area (Å²) in [7, 11) is 0. The number of carbonyl (C=O) groups is 2. The summed E-state index contributed by atoms with van der Waals surface area (Å²) in [5.74, 6) is -0.211. The summed E-state index contributed by atoms with van der Waals surface area (Å²) in [6.45, 7) is 2.39. The Morgan fingerprint density at radius 3 is 2.65 bits per heavy atom. The van der Waals surface area contributed by atoms with Gasteiger partial charge in [-0.2, -0.15) is 9.78 Å². The molecule has 0 aliphatic heterocycles. The first kappa shape index (κ1) is 24.5. The first-order chi connectivity index (χ1) is 17.9. The van der Waals surface area contributed by atoms with Crippen molar-refractivity contribution < 1.29 is 14.7 Å². The van der Waals surface area contributed by atoms with E-state index in [9.17, 15) is 14.7 Å². The Hall–Kier alpha value is -4.17. The molecule has 5 rings (SSSR count). The third kappa shape index (κ3) is 5.20. The minimum atomic E-state index is -0.425. The molecule has 1 fully saturated rings. The normalized spacial score (nSPS) is 13.1. The Bertz CT molecular complexity index is 1480. The average Bonchev–Trinajstić information content (AvgIpc) is 3.28. The molecule has 0 spiro atoms. The van der Waals surface area contributed by atoms with E-state index in [4.69, 9.17) is 11.6 Å². The molecule has 2 amide bonds. The van der Waals surface area contributed by atoms with Gasteiger partial charge in [-0.1, -0.05) is 42.3 Å². The Kier molecular flexibility index (Phi) is 6.92. The van der Waals surface area contributed by atoms with Gasteiger partial charge < -0.3 is 15.7 Å². The van der Waals surface area contributed by atoms with Crippen molar-refractivity contribution in [2.24, 2.45) is 0 Å². The number of aryl methyl sites for hydroxylation is 1. The van der Waals surface area contributed by atoms with Crippen LogP contribution in [0.4, 0.5) is 10.5 Å². The molecular formula is C28H26ClN5O3. The molecule has 2 heterocycles. The second kappa shape index (κ2) is 10.4. The van der Waals surface area contributed by atoms with Gasteiger partial charge in [-0.15, -0.1) is 0 Å². The minimum Gasteiger partial charge on any atom is -0.507 e. The van der Waals surface area contributed by atoms with E-state index in [2.05, 4.69) is 20.7 Å². The van der Waals surface area contributed by atoms with Gasteiger partial charge >= 0.3 is 6.03 Å². The highest BCUT2D eigenvalue weighted by Gasteiger charge is 2.28. The third-order valence-corrected chi connectivity index (χ3v) is 6.98. The van der Waals surface area contributed by atoms with Crippen LogP contribution in [0.2, 0.25) is 5.15 Å². The first-order valence-corrected chi connectivity index (χ1v) is 12.5. The number of pyridine rings is 1. The second-order valence-electron chi connectivity index (χ2n) is 9.11. The summed E-state index contributed by atoms with van der Waals surface area (Å²) in [6, 6.07) is 17.3. The number of rotatable bonds is 6. The van der Waals surface area contributed by atoms with Gasteiger partial charge in [-0.25, -0.2) is 9.78 Å². The molecule has 4 aromatic rings. The quantitative estimate of drug-likeness (QED) is 0.219. The molecular weight excluding hydrogens is 490 g/mol. The highest BCUT2D eigenvalue weighted by atomic mass is 35.5. The van der Waals surface area contributed by atoms with Gasteiger partial charge in [0.1, 0.15) is 10.9 Å². The summed E-state index contributed by atoms with van der Waals surface area (Å²) in [6.07, 6.45) is 4.55. The molecule has 2 aromatic heterocycles. The van der Waals surface area contributed by atoms with Crippen molar-refractivity contribution in [1.82, 2.24) is 20.1 Å². The topological polar surface area (TPSA) is 109 Å². The van der Waals surface area contributed by atoms with E-state index in [1.807, 2.05) is 37.3 Å². The lowest BCUT2D eigenvalue weighted by Gasteiger charge is -2.25. The lowest BCUT2D eigenvalue weighted by molar-refractivity contribution is 0.102. The summed E-state index contributed by atoms with van der Waals surface area (Å²) in [4.78, 5) is 29.8. The monoisotopic (exact) mass is 515 g/mol. The number of nitrogens with one attached hydrogen (secondary N) is 2. The molecule has 8 nitrogen and oxygen atoms in total. The molecule has 37 heavy (non-hydrogen) atoms. The van der Waals surface area contributed by atoms with Gasteiger partial charge in [0.05, 0.1) is 17.0 Å². The van der Waals surface area contributed by atoms with Crippen molar-refractivity contribution in [1.29, 1.82) is 0 Å². The Balaban J connectivity index is 1.42. The number of aromatic hydroxyl groups is 1. The summed E-state index contributed by atoms with van der Waals surface area (Å²) < 4.78 is 1.40. The van der Waals surface area contributed by atoms with Crippen LogP contribution in [0.1, 0.15) is 52.4 Å². The number of benzene rings is 2. The predicted octanol–water partition coefficient (Wildman–Crippen LogP) is 5.89. The Morgan fingerprint density at radius 1 is 1.11 bits per heavy atom. The molecule has 9 heteroatoms. The number of phenolic OH excluding ortho intramolecular Hbond substituents is 1. The van der Waals surface area contributed by atoms with Gasteiger partial charge in [-0.05, 0) is 67.3 Å².